The Hall–Kier alpha value is -2.48. The lowest BCUT2D eigenvalue weighted by Crippen LogP contribution is -2.17. The smallest absolute Gasteiger partial charge is 0.118 e. The van der Waals surface area contributed by atoms with E-state index >= 15 is 0 Å². The average Bonchev–Trinajstić information content (AvgIpc) is 2.95. The number of methoxy groups -OCH3 is 1. The van der Waals surface area contributed by atoms with Crippen molar-refractivity contribution in [1.29, 1.82) is 0 Å². The van der Waals surface area contributed by atoms with E-state index in [4.69, 9.17) is 9.47 Å². The fourth-order valence-corrected chi connectivity index (χ4v) is 4.15. The molecule has 4 rings (SSSR count). The molecule has 2 aliphatic carbocycles. The maximum absolute atomic E-state index is 6.09. The third kappa shape index (κ3) is 4.27. The van der Waals surface area contributed by atoms with Gasteiger partial charge in [0.1, 0.15) is 18.1 Å². The standard InChI is InChI=1S/C25H27O2/c1-26-22-13-11-20(12-14-22)24-10-6-5-9-21-17-23(15-16-25(21)24)27-18-19-7-3-2-4-8-19/h2-4,7-8,11-15,17,25H,5-6,9-10,16,18H2,1H3. The highest BCUT2D eigenvalue weighted by atomic mass is 16.5. The molecule has 1 radical (unpaired) electrons. The number of ether oxygens (including phenoxy) is 2. The molecule has 27 heavy (non-hydrogen) atoms. The van der Waals surface area contributed by atoms with Gasteiger partial charge >= 0.3 is 0 Å². The lowest BCUT2D eigenvalue weighted by molar-refractivity contribution is 0.207. The Morgan fingerprint density at radius 2 is 1.70 bits per heavy atom. The Morgan fingerprint density at radius 3 is 2.48 bits per heavy atom. The summed E-state index contributed by atoms with van der Waals surface area (Å²) in [5.41, 5.74) is 4.10. The van der Waals surface area contributed by atoms with Gasteiger partial charge in [-0.3, -0.25) is 0 Å². The van der Waals surface area contributed by atoms with Gasteiger partial charge in [0.15, 0.2) is 0 Å². The summed E-state index contributed by atoms with van der Waals surface area (Å²) in [7, 11) is 1.72. The number of benzene rings is 2. The summed E-state index contributed by atoms with van der Waals surface area (Å²) in [4.78, 5) is 0. The number of fused-ring (bicyclic) bond motifs is 1. The fourth-order valence-electron chi connectivity index (χ4n) is 4.15. The van der Waals surface area contributed by atoms with Gasteiger partial charge in [0, 0.05) is 5.92 Å². The van der Waals surface area contributed by atoms with Crippen LogP contribution in [0.1, 0.15) is 43.2 Å². The molecule has 2 aromatic rings. The van der Waals surface area contributed by atoms with E-state index in [1.54, 1.807) is 13.0 Å². The van der Waals surface area contributed by atoms with Crippen molar-refractivity contribution >= 4 is 0 Å². The highest BCUT2D eigenvalue weighted by molar-refractivity contribution is 5.42. The highest BCUT2D eigenvalue weighted by Crippen LogP contribution is 2.43. The number of rotatable bonds is 5. The lowest BCUT2D eigenvalue weighted by atomic mass is 9.76. The Balaban J connectivity index is 1.48. The SMILES string of the molecule is COc1ccc([C]2CCCCC3=CC(OCc4ccccc4)=CCC23)cc1. The van der Waals surface area contributed by atoms with Crippen LogP contribution in [0.5, 0.6) is 5.75 Å². The van der Waals surface area contributed by atoms with Crippen LogP contribution in [0.4, 0.5) is 0 Å². The Kier molecular flexibility index (Phi) is 5.62. The topological polar surface area (TPSA) is 18.5 Å². The first-order valence-corrected chi connectivity index (χ1v) is 9.91. The largest absolute Gasteiger partial charge is 0.497 e. The van der Waals surface area contributed by atoms with Crippen LogP contribution in [0.2, 0.25) is 0 Å². The third-order valence-electron chi connectivity index (χ3n) is 5.62. The summed E-state index contributed by atoms with van der Waals surface area (Å²) in [6.45, 7) is 0.635. The van der Waals surface area contributed by atoms with Crippen LogP contribution in [0.3, 0.4) is 0 Å². The predicted octanol–water partition coefficient (Wildman–Crippen LogP) is 6.24. The quantitative estimate of drug-likeness (QED) is 0.629. The molecule has 1 atom stereocenters. The summed E-state index contributed by atoms with van der Waals surface area (Å²) >= 11 is 0. The summed E-state index contributed by atoms with van der Waals surface area (Å²) in [5.74, 6) is 4.04. The van der Waals surface area contributed by atoms with Crippen molar-refractivity contribution in [2.75, 3.05) is 7.11 Å². The van der Waals surface area contributed by atoms with Gasteiger partial charge in [-0.1, -0.05) is 54.5 Å². The van der Waals surface area contributed by atoms with Crippen molar-refractivity contribution in [3.63, 3.8) is 0 Å². The molecule has 2 aromatic carbocycles. The van der Waals surface area contributed by atoms with Crippen LogP contribution >= 0.6 is 0 Å². The van der Waals surface area contributed by atoms with Crippen LogP contribution in [0, 0.1) is 11.8 Å². The highest BCUT2D eigenvalue weighted by Gasteiger charge is 2.30. The molecule has 2 nitrogen and oxygen atoms in total. The first-order valence-electron chi connectivity index (χ1n) is 9.91. The van der Waals surface area contributed by atoms with Crippen molar-refractivity contribution < 1.29 is 9.47 Å². The van der Waals surface area contributed by atoms with Gasteiger partial charge in [0.05, 0.1) is 7.11 Å². The van der Waals surface area contributed by atoms with E-state index in [0.29, 0.717) is 12.5 Å². The molecule has 0 bridgehead atoms. The van der Waals surface area contributed by atoms with Crippen LogP contribution in [-0.4, -0.2) is 7.11 Å². The second-order valence-electron chi connectivity index (χ2n) is 7.35. The van der Waals surface area contributed by atoms with Crippen molar-refractivity contribution in [1.82, 2.24) is 0 Å². The van der Waals surface area contributed by atoms with Crippen LogP contribution in [-0.2, 0) is 11.3 Å². The van der Waals surface area contributed by atoms with Crippen molar-refractivity contribution in [2.45, 2.75) is 38.7 Å². The Morgan fingerprint density at radius 1 is 0.926 bits per heavy atom. The van der Waals surface area contributed by atoms with Crippen LogP contribution in [0.25, 0.3) is 0 Å². The molecule has 2 aliphatic rings. The number of hydrogen-bond acceptors (Lipinski definition) is 2. The molecular weight excluding hydrogens is 332 g/mol. The van der Waals surface area contributed by atoms with E-state index in [2.05, 4.69) is 60.7 Å². The van der Waals surface area contributed by atoms with Crippen molar-refractivity contribution in [2.24, 2.45) is 5.92 Å². The van der Waals surface area contributed by atoms with Gasteiger partial charge in [-0.25, -0.2) is 0 Å². The molecule has 0 N–H and O–H groups in total. The second-order valence-corrected chi connectivity index (χ2v) is 7.35. The normalized spacial score (nSPS) is 20.1. The molecule has 2 heteroatoms. The van der Waals surface area contributed by atoms with Gasteiger partial charge in [-0.15, -0.1) is 0 Å². The third-order valence-corrected chi connectivity index (χ3v) is 5.62. The monoisotopic (exact) mass is 359 g/mol. The van der Waals surface area contributed by atoms with Gasteiger partial charge < -0.3 is 9.47 Å². The maximum Gasteiger partial charge on any atom is 0.118 e. The molecule has 0 saturated heterocycles. The first-order chi connectivity index (χ1) is 13.3. The minimum atomic E-state index is 0.518. The van der Waals surface area contributed by atoms with Gasteiger partial charge in [-0.05, 0) is 67.0 Å². The summed E-state index contributed by atoms with van der Waals surface area (Å²) in [6.07, 6.45) is 10.5. The van der Waals surface area contributed by atoms with E-state index in [1.807, 2.05) is 6.07 Å². The molecule has 0 aromatic heterocycles. The fraction of sp³-hybridized carbons (Fsp3) is 0.320. The maximum atomic E-state index is 6.09. The minimum absolute atomic E-state index is 0.518. The molecule has 0 aliphatic heterocycles. The zero-order valence-electron chi connectivity index (χ0n) is 16.0. The minimum Gasteiger partial charge on any atom is -0.497 e. The average molecular weight is 359 g/mol. The molecule has 139 valence electrons. The van der Waals surface area contributed by atoms with E-state index in [0.717, 1.165) is 17.9 Å². The van der Waals surface area contributed by atoms with Crippen molar-refractivity contribution in [3.8, 4) is 5.75 Å². The molecule has 1 fully saturated rings. The molecule has 1 unspecified atom stereocenters. The number of hydrogen-bond donors (Lipinski definition) is 0. The molecule has 0 heterocycles. The first kappa shape index (κ1) is 17.9. The molecule has 0 amide bonds. The summed E-state index contributed by atoms with van der Waals surface area (Å²) in [6, 6.07) is 18.9. The van der Waals surface area contributed by atoms with Crippen LogP contribution in [0.15, 0.2) is 78.1 Å². The zero-order valence-corrected chi connectivity index (χ0v) is 16.0. The molecular formula is C25H27O2. The number of allylic oxidation sites excluding steroid dienone is 3. The van der Waals surface area contributed by atoms with Gasteiger partial charge in [0.2, 0.25) is 0 Å². The predicted molar refractivity (Wildman–Crippen MR) is 109 cm³/mol. The zero-order chi connectivity index (χ0) is 18.5. The van der Waals surface area contributed by atoms with E-state index in [1.165, 1.54) is 42.4 Å². The Bertz CT molecular complexity index is 802. The molecule has 0 spiro atoms. The second kappa shape index (κ2) is 8.47. The van der Waals surface area contributed by atoms with E-state index in [-0.39, 0.29) is 0 Å². The summed E-state index contributed by atoms with van der Waals surface area (Å²) < 4.78 is 11.4. The Labute approximate surface area is 162 Å². The molecule has 1 saturated carbocycles. The van der Waals surface area contributed by atoms with Gasteiger partial charge in [-0.2, -0.15) is 0 Å². The van der Waals surface area contributed by atoms with Gasteiger partial charge in [0.25, 0.3) is 0 Å². The van der Waals surface area contributed by atoms with E-state index < -0.39 is 0 Å². The van der Waals surface area contributed by atoms with E-state index in [9.17, 15) is 0 Å². The lowest BCUT2D eigenvalue weighted by Gasteiger charge is -2.29. The van der Waals surface area contributed by atoms with Crippen molar-refractivity contribution in [3.05, 3.63) is 95.1 Å². The van der Waals surface area contributed by atoms with Crippen LogP contribution < -0.4 is 4.74 Å². The summed E-state index contributed by atoms with van der Waals surface area (Å²) in [5, 5.41) is 0.